The van der Waals surface area contributed by atoms with Crippen molar-refractivity contribution in [1.82, 2.24) is 0 Å². The molecule has 9 nitrogen and oxygen atoms in total. The van der Waals surface area contributed by atoms with E-state index in [9.17, 15) is 14.4 Å². The van der Waals surface area contributed by atoms with E-state index < -0.39 is 29.5 Å². The Balaban J connectivity index is 4.25. The molecule has 0 aromatic rings. The first-order chi connectivity index (χ1) is 10.3. The molecule has 0 aliphatic rings. The van der Waals surface area contributed by atoms with Crippen LogP contribution in [0.2, 0.25) is 0 Å². The van der Waals surface area contributed by atoms with Gasteiger partial charge in [-0.1, -0.05) is 0 Å². The lowest BCUT2D eigenvalue weighted by atomic mass is 9.91. The lowest BCUT2D eigenvalue weighted by Gasteiger charge is -2.24. The Kier molecular flexibility index (Phi) is 8.15. The second-order valence-electron chi connectivity index (χ2n) is 6.57. The van der Waals surface area contributed by atoms with Gasteiger partial charge in [-0.3, -0.25) is 4.79 Å². The fourth-order valence-electron chi connectivity index (χ4n) is 1.65. The SMILES string of the molecule is CC(C)(N)CCCC(C)(N)C(=O)OOC(=O)[C@H](N)CCC(=O)O. The number of nitrogens with two attached hydrogens (primary N) is 3. The van der Waals surface area contributed by atoms with E-state index in [1.165, 1.54) is 6.92 Å². The molecular weight excluding hydrogens is 306 g/mol. The standard InChI is InChI=1S/C14H27N3O6/c1-13(2,16)7-4-8-14(3,17)12(21)23-22-11(20)9(15)5-6-10(18)19/h9H,4-8,15-17H2,1-3H3,(H,18,19)/t9-,14?/m1/s1. The van der Waals surface area contributed by atoms with E-state index >= 15 is 0 Å². The molecule has 0 aliphatic carbocycles. The Labute approximate surface area is 135 Å². The Hall–Kier alpha value is -1.71. The maximum atomic E-state index is 11.8. The van der Waals surface area contributed by atoms with Gasteiger partial charge in [-0.2, -0.15) is 0 Å². The molecule has 7 N–H and O–H groups in total. The molecule has 0 fully saturated rings. The summed E-state index contributed by atoms with van der Waals surface area (Å²) in [5.41, 5.74) is 15.4. The first-order valence-electron chi connectivity index (χ1n) is 7.33. The molecule has 0 saturated carbocycles. The van der Waals surface area contributed by atoms with Crippen molar-refractivity contribution in [2.45, 2.75) is 70.0 Å². The Morgan fingerprint density at radius 2 is 1.65 bits per heavy atom. The minimum absolute atomic E-state index is 0.128. The number of carbonyl (C=O) groups is 3. The van der Waals surface area contributed by atoms with Crippen LogP contribution in [0.1, 0.15) is 52.9 Å². The third-order valence-corrected chi connectivity index (χ3v) is 3.15. The highest BCUT2D eigenvalue weighted by atomic mass is 17.2. The first kappa shape index (κ1) is 21.3. The highest BCUT2D eigenvalue weighted by Gasteiger charge is 2.33. The van der Waals surface area contributed by atoms with Gasteiger partial charge in [0.1, 0.15) is 11.6 Å². The minimum atomic E-state index is -1.34. The maximum absolute atomic E-state index is 11.8. The molecule has 23 heavy (non-hydrogen) atoms. The molecule has 0 heterocycles. The molecule has 9 heteroatoms. The third kappa shape index (κ3) is 9.82. The highest BCUT2D eigenvalue weighted by Crippen LogP contribution is 2.17. The van der Waals surface area contributed by atoms with Crippen molar-refractivity contribution in [2.24, 2.45) is 17.2 Å². The van der Waals surface area contributed by atoms with Crippen LogP contribution < -0.4 is 17.2 Å². The first-order valence-corrected chi connectivity index (χ1v) is 7.33. The van der Waals surface area contributed by atoms with Crippen LogP contribution in [0.15, 0.2) is 0 Å². The number of hydrogen-bond donors (Lipinski definition) is 4. The van der Waals surface area contributed by atoms with Crippen molar-refractivity contribution in [1.29, 1.82) is 0 Å². The van der Waals surface area contributed by atoms with Gasteiger partial charge in [0, 0.05) is 12.0 Å². The summed E-state index contributed by atoms with van der Waals surface area (Å²) in [6.07, 6.45) is 1.13. The predicted octanol–water partition coefficient (Wildman–Crippen LogP) is -0.195. The van der Waals surface area contributed by atoms with Gasteiger partial charge in [-0.25, -0.2) is 19.4 Å². The van der Waals surface area contributed by atoms with E-state index in [0.717, 1.165) is 0 Å². The average Bonchev–Trinajstić information content (AvgIpc) is 2.39. The van der Waals surface area contributed by atoms with Crippen LogP contribution in [0, 0.1) is 0 Å². The molecular formula is C14H27N3O6. The van der Waals surface area contributed by atoms with Crippen LogP contribution >= 0.6 is 0 Å². The molecule has 0 saturated heterocycles. The fourth-order valence-corrected chi connectivity index (χ4v) is 1.65. The van der Waals surface area contributed by atoms with Crippen molar-refractivity contribution in [3.05, 3.63) is 0 Å². The van der Waals surface area contributed by atoms with Gasteiger partial charge in [0.2, 0.25) is 0 Å². The fraction of sp³-hybridized carbons (Fsp3) is 0.786. The van der Waals surface area contributed by atoms with Crippen molar-refractivity contribution in [3.63, 3.8) is 0 Å². The largest absolute Gasteiger partial charge is 0.481 e. The molecule has 0 aromatic carbocycles. The lowest BCUT2D eigenvalue weighted by Crippen LogP contribution is -2.47. The van der Waals surface area contributed by atoms with Crippen molar-refractivity contribution in [2.75, 3.05) is 0 Å². The number of aliphatic carboxylic acids is 1. The zero-order chi connectivity index (χ0) is 18.3. The summed E-state index contributed by atoms with van der Waals surface area (Å²) in [5, 5.41) is 8.49. The summed E-state index contributed by atoms with van der Waals surface area (Å²) in [4.78, 5) is 42.4. The molecule has 0 amide bonds. The van der Waals surface area contributed by atoms with Crippen LogP contribution in [0.25, 0.3) is 0 Å². The van der Waals surface area contributed by atoms with Crippen molar-refractivity contribution >= 4 is 17.9 Å². The molecule has 0 bridgehead atoms. The molecule has 1 unspecified atom stereocenters. The Bertz CT molecular complexity index is 431. The van der Waals surface area contributed by atoms with Gasteiger partial charge in [-0.05, 0) is 46.5 Å². The summed E-state index contributed by atoms with van der Waals surface area (Å²) in [6, 6.07) is -1.19. The third-order valence-electron chi connectivity index (χ3n) is 3.15. The maximum Gasteiger partial charge on any atom is 0.374 e. The number of rotatable bonds is 9. The number of carbonyl (C=O) groups excluding carboxylic acids is 2. The van der Waals surface area contributed by atoms with Gasteiger partial charge in [-0.15, -0.1) is 0 Å². The normalized spacial score (nSPS) is 15.4. The van der Waals surface area contributed by atoms with Crippen molar-refractivity contribution < 1.29 is 29.3 Å². The molecule has 0 spiro atoms. The molecule has 0 aliphatic heterocycles. The molecule has 2 atom stereocenters. The highest BCUT2D eigenvalue weighted by molar-refractivity contribution is 5.81. The summed E-state index contributed by atoms with van der Waals surface area (Å²) >= 11 is 0. The van der Waals surface area contributed by atoms with Gasteiger partial charge in [0.25, 0.3) is 0 Å². The topological polar surface area (TPSA) is 168 Å². The van der Waals surface area contributed by atoms with Gasteiger partial charge >= 0.3 is 17.9 Å². The summed E-state index contributed by atoms with van der Waals surface area (Å²) in [7, 11) is 0. The van der Waals surface area contributed by atoms with E-state index in [-0.39, 0.29) is 18.4 Å². The molecule has 0 radical (unpaired) electrons. The lowest BCUT2D eigenvalue weighted by molar-refractivity contribution is -0.263. The van der Waals surface area contributed by atoms with Crippen LogP contribution in [-0.4, -0.2) is 40.1 Å². The van der Waals surface area contributed by atoms with Crippen molar-refractivity contribution in [3.8, 4) is 0 Å². The predicted molar refractivity (Wildman–Crippen MR) is 81.7 cm³/mol. The van der Waals surface area contributed by atoms with E-state index in [1.54, 1.807) is 0 Å². The van der Waals surface area contributed by atoms with Gasteiger partial charge in [0.15, 0.2) is 0 Å². The Morgan fingerprint density at radius 1 is 1.09 bits per heavy atom. The molecule has 0 rings (SSSR count). The summed E-state index contributed by atoms with van der Waals surface area (Å²) in [5.74, 6) is -3.03. The monoisotopic (exact) mass is 333 g/mol. The van der Waals surface area contributed by atoms with Crippen LogP contribution in [-0.2, 0) is 24.2 Å². The smallest absolute Gasteiger partial charge is 0.374 e. The van der Waals surface area contributed by atoms with Gasteiger partial charge < -0.3 is 22.3 Å². The second kappa shape index (κ2) is 8.80. The quantitative estimate of drug-likeness (QED) is 0.330. The van der Waals surface area contributed by atoms with Gasteiger partial charge in [0.05, 0.1) is 0 Å². The van der Waals surface area contributed by atoms with E-state index in [1.807, 2.05) is 13.8 Å². The van der Waals surface area contributed by atoms with E-state index in [0.29, 0.717) is 19.3 Å². The number of carboxylic acid groups (broad SMARTS) is 1. The second-order valence-corrected chi connectivity index (χ2v) is 6.57. The molecule has 134 valence electrons. The summed E-state index contributed by atoms with van der Waals surface area (Å²) in [6.45, 7) is 5.18. The number of hydrogen-bond acceptors (Lipinski definition) is 8. The zero-order valence-electron chi connectivity index (χ0n) is 13.8. The summed E-state index contributed by atoms with van der Waals surface area (Å²) < 4.78 is 0. The van der Waals surface area contributed by atoms with Crippen LogP contribution in [0.3, 0.4) is 0 Å². The average molecular weight is 333 g/mol. The van der Waals surface area contributed by atoms with E-state index in [4.69, 9.17) is 22.3 Å². The minimum Gasteiger partial charge on any atom is -0.481 e. The van der Waals surface area contributed by atoms with Crippen LogP contribution in [0.5, 0.6) is 0 Å². The molecule has 0 aromatic heterocycles. The zero-order valence-corrected chi connectivity index (χ0v) is 13.8. The number of carboxylic acids is 1. The Morgan fingerprint density at radius 3 is 2.13 bits per heavy atom. The van der Waals surface area contributed by atoms with E-state index in [2.05, 4.69) is 9.78 Å². The van der Waals surface area contributed by atoms with Crippen LogP contribution in [0.4, 0.5) is 0 Å².